The van der Waals surface area contributed by atoms with Crippen LogP contribution in [0.4, 0.5) is 0 Å². The maximum Gasteiger partial charge on any atom is 0.239 e. The lowest BCUT2D eigenvalue weighted by Gasteiger charge is -2.07. The van der Waals surface area contributed by atoms with Gasteiger partial charge in [0.2, 0.25) is 17.7 Å². The van der Waals surface area contributed by atoms with Crippen molar-refractivity contribution in [1.82, 2.24) is 16.0 Å². The summed E-state index contributed by atoms with van der Waals surface area (Å²) < 4.78 is 0. The molecule has 3 N–H and O–H groups in total. The molecular formula is C20H29N3O4. The molecule has 0 bridgehead atoms. The van der Waals surface area contributed by atoms with Gasteiger partial charge >= 0.3 is 0 Å². The Morgan fingerprint density at radius 2 is 1.19 bits per heavy atom. The van der Waals surface area contributed by atoms with Gasteiger partial charge in [-0.25, -0.2) is 0 Å². The van der Waals surface area contributed by atoms with Gasteiger partial charge in [0.25, 0.3) is 0 Å². The summed E-state index contributed by atoms with van der Waals surface area (Å²) in [6, 6.07) is 0. The highest BCUT2D eigenvalue weighted by Crippen LogP contribution is 1.99. The van der Waals surface area contributed by atoms with Crippen molar-refractivity contribution in [3.8, 4) is 24.7 Å². The Labute approximate surface area is 161 Å². The molecule has 0 unspecified atom stereocenters. The van der Waals surface area contributed by atoms with Crippen LogP contribution in [0.5, 0.6) is 0 Å². The minimum atomic E-state index is -0.244. The summed E-state index contributed by atoms with van der Waals surface area (Å²) in [5.41, 5.74) is 0. The van der Waals surface area contributed by atoms with Crippen LogP contribution in [0.15, 0.2) is 0 Å². The van der Waals surface area contributed by atoms with Gasteiger partial charge in [-0.05, 0) is 19.3 Å². The van der Waals surface area contributed by atoms with Crippen LogP contribution in [-0.2, 0) is 19.2 Å². The number of amides is 3. The van der Waals surface area contributed by atoms with Crippen molar-refractivity contribution in [3.63, 3.8) is 0 Å². The van der Waals surface area contributed by atoms with Gasteiger partial charge in [-0.1, -0.05) is 0 Å². The summed E-state index contributed by atoms with van der Waals surface area (Å²) in [4.78, 5) is 45.8. The fourth-order valence-corrected chi connectivity index (χ4v) is 2.08. The van der Waals surface area contributed by atoms with E-state index in [1.54, 1.807) is 0 Å². The molecule has 0 aromatic carbocycles. The van der Waals surface area contributed by atoms with E-state index in [9.17, 15) is 19.2 Å². The third-order valence-corrected chi connectivity index (χ3v) is 3.62. The van der Waals surface area contributed by atoms with E-state index in [1.165, 1.54) is 0 Å². The first-order valence-corrected chi connectivity index (χ1v) is 9.18. The normalized spacial score (nSPS) is 9.56. The third-order valence-electron chi connectivity index (χ3n) is 3.62. The molecule has 3 amide bonds. The monoisotopic (exact) mass is 375 g/mol. The molecule has 0 radical (unpaired) electrons. The number of carbonyl (C=O) groups is 4. The zero-order chi connectivity index (χ0) is 20.3. The number of rotatable bonds is 15. The van der Waals surface area contributed by atoms with E-state index in [0.717, 1.165) is 19.3 Å². The predicted octanol–water partition coefficient (Wildman–Crippen LogP) is 0.681. The molecule has 0 spiro atoms. The van der Waals surface area contributed by atoms with Gasteiger partial charge in [-0.15, -0.1) is 24.7 Å². The molecule has 0 fully saturated rings. The summed E-state index contributed by atoms with van der Waals surface area (Å²) in [5.74, 6) is 4.14. The maximum absolute atomic E-state index is 11.6. The number of unbranched alkanes of at least 4 members (excludes halogenated alkanes) is 2. The summed E-state index contributed by atoms with van der Waals surface area (Å²) in [7, 11) is 0. The Bertz CT molecular complexity index is 523. The Balaban J connectivity index is 3.51. The van der Waals surface area contributed by atoms with Crippen LogP contribution in [0.3, 0.4) is 0 Å². The molecule has 148 valence electrons. The average molecular weight is 375 g/mol. The zero-order valence-corrected chi connectivity index (χ0v) is 15.8. The van der Waals surface area contributed by atoms with E-state index in [4.69, 9.17) is 12.8 Å². The predicted molar refractivity (Wildman–Crippen MR) is 103 cm³/mol. The lowest BCUT2D eigenvalue weighted by Crippen LogP contribution is -2.37. The van der Waals surface area contributed by atoms with Crippen molar-refractivity contribution in [2.24, 2.45) is 0 Å². The van der Waals surface area contributed by atoms with Gasteiger partial charge in [0, 0.05) is 51.6 Å². The van der Waals surface area contributed by atoms with Crippen LogP contribution in [0, 0.1) is 24.7 Å². The maximum atomic E-state index is 11.6. The fourth-order valence-electron chi connectivity index (χ4n) is 2.08. The topological polar surface area (TPSA) is 104 Å². The van der Waals surface area contributed by atoms with Crippen LogP contribution in [0.25, 0.3) is 0 Å². The van der Waals surface area contributed by atoms with Crippen molar-refractivity contribution in [2.45, 2.75) is 57.8 Å². The molecule has 0 saturated carbocycles. The Morgan fingerprint density at radius 3 is 1.81 bits per heavy atom. The van der Waals surface area contributed by atoms with Gasteiger partial charge in [-0.2, -0.15) is 0 Å². The van der Waals surface area contributed by atoms with Crippen molar-refractivity contribution in [3.05, 3.63) is 0 Å². The van der Waals surface area contributed by atoms with E-state index >= 15 is 0 Å². The van der Waals surface area contributed by atoms with E-state index in [2.05, 4.69) is 27.8 Å². The number of hydrogen-bond acceptors (Lipinski definition) is 4. The summed E-state index contributed by atoms with van der Waals surface area (Å²) in [6.07, 6.45) is 14.3. The van der Waals surface area contributed by atoms with Gasteiger partial charge in [0.05, 0.1) is 6.54 Å². The van der Waals surface area contributed by atoms with Gasteiger partial charge < -0.3 is 16.0 Å². The lowest BCUT2D eigenvalue weighted by molar-refractivity contribution is -0.126. The highest BCUT2D eigenvalue weighted by molar-refractivity contribution is 5.85. The van der Waals surface area contributed by atoms with Crippen molar-refractivity contribution in [1.29, 1.82) is 0 Å². The Hall–Kier alpha value is -2.80. The highest BCUT2D eigenvalue weighted by Gasteiger charge is 2.06. The number of carbonyl (C=O) groups excluding carboxylic acids is 4. The molecular weight excluding hydrogens is 346 g/mol. The van der Waals surface area contributed by atoms with Crippen LogP contribution in [0.2, 0.25) is 0 Å². The molecule has 0 atom stereocenters. The molecule has 0 aliphatic carbocycles. The van der Waals surface area contributed by atoms with Crippen LogP contribution < -0.4 is 16.0 Å². The summed E-state index contributed by atoms with van der Waals surface area (Å²) >= 11 is 0. The Kier molecular flexibility index (Phi) is 14.9. The zero-order valence-electron chi connectivity index (χ0n) is 15.8. The smallest absolute Gasteiger partial charge is 0.239 e. The molecule has 7 heteroatoms. The number of Topliss-reactive ketones (excluding diaryl/α,β-unsaturated/α-hetero) is 1. The van der Waals surface area contributed by atoms with Crippen LogP contribution >= 0.6 is 0 Å². The molecule has 7 nitrogen and oxygen atoms in total. The largest absolute Gasteiger partial charge is 0.356 e. The molecule has 0 saturated heterocycles. The number of terminal acetylenes is 2. The van der Waals surface area contributed by atoms with Gasteiger partial charge in [0.15, 0.2) is 0 Å². The van der Waals surface area contributed by atoms with Crippen molar-refractivity contribution < 1.29 is 19.2 Å². The minimum Gasteiger partial charge on any atom is -0.356 e. The van der Waals surface area contributed by atoms with Crippen LogP contribution in [0.1, 0.15) is 57.8 Å². The second-order valence-electron chi connectivity index (χ2n) is 5.98. The lowest BCUT2D eigenvalue weighted by atomic mass is 10.1. The van der Waals surface area contributed by atoms with E-state index in [1.807, 2.05) is 0 Å². The number of ketones is 1. The standard InChI is InChI=1S/C20H29N3O4/c1-3-5-10-17(24)12-13-19(26)21-14-8-7-9-15-22-20(27)16-23-18(25)11-6-4-2/h1-2H,5-16H2,(H,21,26)(H,22,27)(H,23,25). The number of hydrogen-bond donors (Lipinski definition) is 3. The molecule has 0 rings (SSSR count). The molecule has 0 aliphatic rings. The second kappa shape index (κ2) is 16.7. The first-order valence-electron chi connectivity index (χ1n) is 9.18. The van der Waals surface area contributed by atoms with Crippen molar-refractivity contribution in [2.75, 3.05) is 19.6 Å². The number of nitrogens with one attached hydrogen (secondary N) is 3. The van der Waals surface area contributed by atoms with Crippen LogP contribution in [-0.4, -0.2) is 43.1 Å². The SMILES string of the molecule is C#CCCC(=O)CCC(=O)NCCCCCNC(=O)CNC(=O)CCC#C. The fraction of sp³-hybridized carbons (Fsp3) is 0.600. The molecule has 0 aromatic heterocycles. The Morgan fingerprint density at radius 1 is 0.630 bits per heavy atom. The van der Waals surface area contributed by atoms with E-state index < -0.39 is 0 Å². The van der Waals surface area contributed by atoms with Crippen molar-refractivity contribution >= 4 is 23.5 Å². The van der Waals surface area contributed by atoms with E-state index in [-0.39, 0.29) is 49.3 Å². The van der Waals surface area contributed by atoms with Gasteiger partial charge in [-0.3, -0.25) is 19.2 Å². The molecule has 0 aromatic rings. The molecule has 0 aliphatic heterocycles. The molecule has 0 heterocycles. The highest BCUT2D eigenvalue weighted by atomic mass is 16.2. The molecule has 27 heavy (non-hydrogen) atoms. The first-order chi connectivity index (χ1) is 13.0. The van der Waals surface area contributed by atoms with E-state index in [0.29, 0.717) is 32.4 Å². The van der Waals surface area contributed by atoms with Gasteiger partial charge in [0.1, 0.15) is 5.78 Å². The third kappa shape index (κ3) is 16.4. The first kappa shape index (κ1) is 24.2. The summed E-state index contributed by atoms with van der Waals surface area (Å²) in [6.45, 7) is 0.993. The minimum absolute atomic E-state index is 0.00563. The quantitative estimate of drug-likeness (QED) is 0.289. The summed E-state index contributed by atoms with van der Waals surface area (Å²) in [5, 5.41) is 7.97. The average Bonchev–Trinajstić information content (AvgIpc) is 2.66. The second-order valence-corrected chi connectivity index (χ2v) is 5.98.